The van der Waals surface area contributed by atoms with Crippen molar-refractivity contribution >= 4 is 44.7 Å². The van der Waals surface area contributed by atoms with Crippen LogP contribution in [0.5, 0.6) is 0 Å². The van der Waals surface area contributed by atoms with Gasteiger partial charge in [-0.3, -0.25) is 9.36 Å². The first-order valence-electron chi connectivity index (χ1n) is 7.24. The Kier molecular flexibility index (Phi) is 4.13. The van der Waals surface area contributed by atoms with Gasteiger partial charge < -0.3 is 0 Å². The highest BCUT2D eigenvalue weighted by Crippen LogP contribution is 2.35. The highest BCUT2D eigenvalue weighted by atomic mass is 32.2. The number of hydrogen-bond acceptors (Lipinski definition) is 7. The average molecular weight is 382 g/mol. The van der Waals surface area contributed by atoms with Crippen LogP contribution in [0.1, 0.15) is 5.69 Å². The molecule has 4 aromatic heterocycles. The van der Waals surface area contributed by atoms with Gasteiger partial charge in [-0.2, -0.15) is 5.26 Å². The molecule has 0 aliphatic rings. The second-order valence-electron chi connectivity index (χ2n) is 5.14. The van der Waals surface area contributed by atoms with Crippen molar-refractivity contribution in [2.24, 2.45) is 7.05 Å². The number of aromatic nitrogens is 3. The Morgan fingerprint density at radius 2 is 2.08 bits per heavy atom. The largest absolute Gasteiger partial charge is 0.290 e. The number of thiophene rings is 2. The van der Waals surface area contributed by atoms with Gasteiger partial charge in [0.15, 0.2) is 5.16 Å². The van der Waals surface area contributed by atoms with Crippen molar-refractivity contribution in [2.75, 3.05) is 0 Å². The zero-order valence-corrected chi connectivity index (χ0v) is 15.4. The summed E-state index contributed by atoms with van der Waals surface area (Å²) in [6.45, 7) is 0. The summed E-state index contributed by atoms with van der Waals surface area (Å²) in [5.41, 5.74) is 1.20. The van der Waals surface area contributed by atoms with E-state index in [0.29, 0.717) is 26.1 Å². The summed E-state index contributed by atoms with van der Waals surface area (Å²) in [5, 5.41) is 14.8. The Balaban J connectivity index is 1.83. The monoisotopic (exact) mass is 382 g/mol. The lowest BCUT2D eigenvalue weighted by molar-refractivity contribution is 0.727. The van der Waals surface area contributed by atoms with Crippen LogP contribution >= 0.6 is 34.4 Å². The van der Waals surface area contributed by atoms with Gasteiger partial charge in [0.05, 0.1) is 5.39 Å². The van der Waals surface area contributed by atoms with Gasteiger partial charge in [0.2, 0.25) is 0 Å². The van der Waals surface area contributed by atoms with Crippen molar-refractivity contribution in [1.29, 1.82) is 5.26 Å². The Bertz CT molecular complexity index is 1170. The number of pyridine rings is 1. The van der Waals surface area contributed by atoms with Gasteiger partial charge in [0, 0.05) is 22.9 Å². The molecule has 0 saturated carbocycles. The van der Waals surface area contributed by atoms with E-state index in [1.807, 2.05) is 29.0 Å². The van der Waals surface area contributed by atoms with E-state index >= 15 is 0 Å². The summed E-state index contributed by atoms with van der Waals surface area (Å²) in [6.07, 6.45) is 0. The van der Waals surface area contributed by atoms with E-state index in [-0.39, 0.29) is 5.56 Å². The van der Waals surface area contributed by atoms with Crippen LogP contribution in [0, 0.1) is 11.3 Å². The fraction of sp³-hybridized carbons (Fsp3) is 0.0588. The minimum Gasteiger partial charge on any atom is -0.290 e. The van der Waals surface area contributed by atoms with E-state index in [9.17, 15) is 4.79 Å². The number of nitriles is 1. The number of fused-ring (bicyclic) bond motifs is 1. The van der Waals surface area contributed by atoms with Gasteiger partial charge in [-0.1, -0.05) is 12.1 Å². The van der Waals surface area contributed by atoms with E-state index in [0.717, 1.165) is 10.4 Å². The number of hydrogen-bond donors (Lipinski definition) is 0. The van der Waals surface area contributed by atoms with Crippen LogP contribution in [0.25, 0.3) is 20.7 Å². The summed E-state index contributed by atoms with van der Waals surface area (Å²) in [6, 6.07) is 11.2. The molecule has 0 aliphatic carbocycles. The topological polar surface area (TPSA) is 71.6 Å². The maximum Gasteiger partial charge on any atom is 0.263 e. The van der Waals surface area contributed by atoms with Crippen LogP contribution in [-0.4, -0.2) is 14.5 Å². The molecule has 122 valence electrons. The van der Waals surface area contributed by atoms with Crippen LogP contribution in [-0.2, 0) is 7.05 Å². The molecule has 0 saturated heterocycles. The Morgan fingerprint density at radius 3 is 2.84 bits per heavy atom. The zero-order chi connectivity index (χ0) is 17.4. The predicted octanol–water partition coefficient (Wildman–Crippen LogP) is 4.14. The van der Waals surface area contributed by atoms with Crippen LogP contribution < -0.4 is 5.56 Å². The Hall–Kier alpha value is -2.47. The molecule has 0 aromatic carbocycles. The third-order valence-electron chi connectivity index (χ3n) is 3.59. The molecule has 0 amide bonds. The van der Waals surface area contributed by atoms with Gasteiger partial charge in [-0.25, -0.2) is 9.97 Å². The van der Waals surface area contributed by atoms with Crippen molar-refractivity contribution < 1.29 is 0 Å². The molecule has 0 N–H and O–H groups in total. The summed E-state index contributed by atoms with van der Waals surface area (Å²) in [4.78, 5) is 23.5. The van der Waals surface area contributed by atoms with Crippen molar-refractivity contribution in [3.63, 3.8) is 0 Å². The molecule has 0 spiro atoms. The molecule has 0 radical (unpaired) electrons. The predicted molar refractivity (Wildman–Crippen MR) is 101 cm³/mol. The van der Waals surface area contributed by atoms with Gasteiger partial charge in [-0.05, 0) is 35.3 Å². The first kappa shape index (κ1) is 16.0. The number of nitrogens with zero attached hydrogens (tertiary/aromatic N) is 4. The number of rotatable bonds is 3. The first-order valence-corrected chi connectivity index (χ1v) is 9.82. The molecule has 0 unspecified atom stereocenters. The molecule has 8 heteroatoms. The minimum atomic E-state index is -0.0754. The van der Waals surface area contributed by atoms with E-state index in [4.69, 9.17) is 5.26 Å². The lowest BCUT2D eigenvalue weighted by Crippen LogP contribution is -2.19. The molecule has 25 heavy (non-hydrogen) atoms. The van der Waals surface area contributed by atoms with Crippen molar-refractivity contribution in [2.45, 2.75) is 10.2 Å². The molecular weight excluding hydrogens is 372 g/mol. The quantitative estimate of drug-likeness (QED) is 0.498. The lowest BCUT2D eigenvalue weighted by Gasteiger charge is -2.07. The zero-order valence-electron chi connectivity index (χ0n) is 13.0. The molecule has 5 nitrogen and oxygen atoms in total. The van der Waals surface area contributed by atoms with E-state index in [2.05, 4.69) is 9.97 Å². The summed E-state index contributed by atoms with van der Waals surface area (Å²) >= 11 is 4.35. The maximum atomic E-state index is 12.9. The van der Waals surface area contributed by atoms with E-state index in [1.165, 1.54) is 27.7 Å². The van der Waals surface area contributed by atoms with E-state index in [1.54, 1.807) is 36.6 Å². The normalized spacial score (nSPS) is 10.9. The maximum absolute atomic E-state index is 12.9. The second kappa shape index (κ2) is 6.44. The van der Waals surface area contributed by atoms with Crippen molar-refractivity contribution in [3.8, 4) is 16.5 Å². The van der Waals surface area contributed by atoms with Gasteiger partial charge >= 0.3 is 0 Å². The third kappa shape index (κ3) is 2.87. The van der Waals surface area contributed by atoms with Crippen LogP contribution in [0.3, 0.4) is 0 Å². The average Bonchev–Trinajstić information content (AvgIpc) is 3.29. The fourth-order valence-electron chi connectivity index (χ4n) is 2.39. The standard InChI is InChI=1S/C17H10N4OS3/c1-21-16(22)14-11(12-5-3-7-23-12)9-24-15(14)20-17(21)25-13-6-2-4-10(8-18)19-13/h2-7,9H,1H3. The first-order chi connectivity index (χ1) is 12.2. The van der Waals surface area contributed by atoms with E-state index < -0.39 is 0 Å². The molecule has 0 atom stereocenters. The SMILES string of the molecule is Cn1c(Sc2cccc(C#N)n2)nc2scc(-c3cccs3)c2c1=O. The summed E-state index contributed by atoms with van der Waals surface area (Å²) < 4.78 is 1.54. The van der Waals surface area contributed by atoms with Crippen LogP contribution in [0.15, 0.2) is 56.1 Å². The highest BCUT2D eigenvalue weighted by molar-refractivity contribution is 7.99. The molecule has 4 heterocycles. The smallest absolute Gasteiger partial charge is 0.263 e. The van der Waals surface area contributed by atoms with Crippen LogP contribution in [0.2, 0.25) is 0 Å². The minimum absolute atomic E-state index is 0.0754. The summed E-state index contributed by atoms with van der Waals surface area (Å²) in [5.74, 6) is 0. The Morgan fingerprint density at radius 1 is 1.20 bits per heavy atom. The second-order valence-corrected chi connectivity index (χ2v) is 7.93. The molecule has 4 rings (SSSR count). The van der Waals surface area contributed by atoms with Crippen molar-refractivity contribution in [1.82, 2.24) is 14.5 Å². The fourth-order valence-corrected chi connectivity index (χ4v) is 5.03. The third-order valence-corrected chi connectivity index (χ3v) is 6.35. The van der Waals surface area contributed by atoms with Crippen LogP contribution in [0.4, 0.5) is 0 Å². The lowest BCUT2D eigenvalue weighted by atomic mass is 10.2. The molecule has 0 aliphatic heterocycles. The molecule has 0 bridgehead atoms. The Labute approximate surface area is 155 Å². The van der Waals surface area contributed by atoms with Gasteiger partial charge in [0.1, 0.15) is 21.6 Å². The van der Waals surface area contributed by atoms with Gasteiger partial charge in [-0.15, -0.1) is 22.7 Å². The molecule has 0 fully saturated rings. The highest BCUT2D eigenvalue weighted by Gasteiger charge is 2.17. The molecule has 4 aromatic rings. The molecular formula is C17H10N4OS3. The summed E-state index contributed by atoms with van der Waals surface area (Å²) in [7, 11) is 1.71. The van der Waals surface area contributed by atoms with Gasteiger partial charge in [0.25, 0.3) is 5.56 Å². The van der Waals surface area contributed by atoms with Crippen molar-refractivity contribution in [3.05, 3.63) is 57.1 Å².